The Morgan fingerprint density at radius 3 is 2.54 bits per heavy atom. The standard InChI is InChI=1S/C19H29N3O2/c1-5-21(6-2)9-16-12-24-18-11-22(10-17(16)18)19(23)15-7-13(3)20-14(4)8-15/h7-8,16-18H,5-6,9-12H2,1-4H3/t16-,17+,18+/m0/s1. The Balaban J connectivity index is 1.67. The topological polar surface area (TPSA) is 45.7 Å². The molecule has 1 amide bonds. The molecular weight excluding hydrogens is 302 g/mol. The maximum Gasteiger partial charge on any atom is 0.254 e. The monoisotopic (exact) mass is 331 g/mol. The van der Waals surface area contributed by atoms with Gasteiger partial charge in [-0.2, -0.15) is 0 Å². The zero-order chi connectivity index (χ0) is 17.3. The van der Waals surface area contributed by atoms with Crippen LogP contribution in [0.15, 0.2) is 12.1 Å². The van der Waals surface area contributed by atoms with Gasteiger partial charge in [0.1, 0.15) is 0 Å². The van der Waals surface area contributed by atoms with Gasteiger partial charge in [-0.1, -0.05) is 13.8 Å². The maximum atomic E-state index is 12.9. The van der Waals surface area contributed by atoms with Crippen molar-refractivity contribution in [3.63, 3.8) is 0 Å². The second-order valence-corrected chi connectivity index (χ2v) is 7.13. The second-order valence-electron chi connectivity index (χ2n) is 7.13. The summed E-state index contributed by atoms with van der Waals surface area (Å²) in [5, 5.41) is 0. The van der Waals surface area contributed by atoms with Gasteiger partial charge in [0.25, 0.3) is 5.91 Å². The Morgan fingerprint density at radius 2 is 1.92 bits per heavy atom. The first-order valence-corrected chi connectivity index (χ1v) is 9.10. The number of carbonyl (C=O) groups is 1. The van der Waals surface area contributed by atoms with Crippen molar-refractivity contribution in [3.8, 4) is 0 Å². The van der Waals surface area contributed by atoms with E-state index in [1.165, 1.54) is 0 Å². The van der Waals surface area contributed by atoms with Crippen molar-refractivity contribution in [1.29, 1.82) is 0 Å². The van der Waals surface area contributed by atoms with E-state index in [1.807, 2.05) is 30.9 Å². The molecule has 0 bridgehead atoms. The van der Waals surface area contributed by atoms with Gasteiger partial charge in [-0.15, -0.1) is 0 Å². The Morgan fingerprint density at radius 1 is 1.25 bits per heavy atom. The van der Waals surface area contributed by atoms with Crippen LogP contribution >= 0.6 is 0 Å². The molecule has 2 fully saturated rings. The Kier molecular flexibility index (Phi) is 5.21. The summed E-state index contributed by atoms with van der Waals surface area (Å²) in [6.07, 6.45) is 0.207. The van der Waals surface area contributed by atoms with Crippen LogP contribution in [0.1, 0.15) is 35.6 Å². The second kappa shape index (κ2) is 7.19. The molecule has 132 valence electrons. The SMILES string of the molecule is CCN(CC)C[C@H]1CO[C@@H]2CN(C(=O)c3cc(C)nc(C)c3)C[C@H]12. The van der Waals surface area contributed by atoms with Crippen molar-refractivity contribution in [3.05, 3.63) is 29.1 Å². The minimum atomic E-state index is 0.114. The fourth-order valence-corrected chi connectivity index (χ4v) is 4.11. The molecule has 3 rings (SSSR count). The lowest BCUT2D eigenvalue weighted by molar-refractivity contribution is 0.0666. The Hall–Kier alpha value is -1.46. The van der Waals surface area contributed by atoms with Crippen LogP contribution in [0.3, 0.4) is 0 Å². The average Bonchev–Trinajstić information content (AvgIpc) is 3.12. The zero-order valence-corrected chi connectivity index (χ0v) is 15.3. The molecule has 0 N–H and O–H groups in total. The molecule has 0 radical (unpaired) electrons. The van der Waals surface area contributed by atoms with Crippen molar-refractivity contribution in [1.82, 2.24) is 14.8 Å². The molecule has 5 nitrogen and oxygen atoms in total. The number of hydrogen-bond acceptors (Lipinski definition) is 4. The number of pyridine rings is 1. The van der Waals surface area contributed by atoms with Gasteiger partial charge in [0.15, 0.2) is 0 Å². The smallest absolute Gasteiger partial charge is 0.254 e. The molecule has 5 heteroatoms. The summed E-state index contributed by atoms with van der Waals surface area (Å²) >= 11 is 0. The molecule has 0 saturated carbocycles. The molecular formula is C19H29N3O2. The quantitative estimate of drug-likeness (QED) is 0.829. The molecule has 3 heterocycles. The average molecular weight is 331 g/mol. The van der Waals surface area contributed by atoms with E-state index in [4.69, 9.17) is 4.74 Å². The molecule has 0 spiro atoms. The van der Waals surface area contributed by atoms with Gasteiger partial charge in [-0.05, 0) is 39.1 Å². The molecule has 1 aromatic rings. The van der Waals surface area contributed by atoms with Gasteiger partial charge in [0.2, 0.25) is 0 Å². The molecule has 0 aliphatic carbocycles. The third kappa shape index (κ3) is 3.47. The van der Waals surface area contributed by atoms with Crippen LogP contribution in [0.2, 0.25) is 0 Å². The minimum Gasteiger partial charge on any atom is -0.376 e. The van der Waals surface area contributed by atoms with E-state index in [0.717, 1.165) is 56.3 Å². The predicted molar refractivity (Wildman–Crippen MR) is 94.1 cm³/mol. The van der Waals surface area contributed by atoms with Crippen LogP contribution < -0.4 is 0 Å². The summed E-state index contributed by atoms with van der Waals surface area (Å²) in [5.41, 5.74) is 2.54. The molecule has 2 aliphatic heterocycles. The summed E-state index contributed by atoms with van der Waals surface area (Å²) in [5.74, 6) is 1.12. The van der Waals surface area contributed by atoms with Crippen molar-refractivity contribution in [2.45, 2.75) is 33.8 Å². The fourth-order valence-electron chi connectivity index (χ4n) is 4.11. The van der Waals surface area contributed by atoms with Gasteiger partial charge in [-0.25, -0.2) is 0 Å². The van der Waals surface area contributed by atoms with Crippen LogP contribution in [0.5, 0.6) is 0 Å². The van der Waals surface area contributed by atoms with Crippen LogP contribution in [0.25, 0.3) is 0 Å². The molecule has 2 saturated heterocycles. The number of rotatable bonds is 5. The highest BCUT2D eigenvalue weighted by Gasteiger charge is 2.45. The molecule has 0 unspecified atom stereocenters. The Bertz CT molecular complexity index is 580. The number of nitrogens with zero attached hydrogens (tertiary/aromatic N) is 3. The van der Waals surface area contributed by atoms with Crippen molar-refractivity contribution in [2.75, 3.05) is 39.3 Å². The fraction of sp³-hybridized carbons (Fsp3) is 0.684. The number of carbonyl (C=O) groups excluding carboxylic acids is 1. The number of hydrogen-bond donors (Lipinski definition) is 0. The van der Waals surface area contributed by atoms with Crippen molar-refractivity contribution >= 4 is 5.91 Å². The first-order valence-electron chi connectivity index (χ1n) is 9.10. The van der Waals surface area contributed by atoms with Gasteiger partial charge < -0.3 is 14.5 Å². The van der Waals surface area contributed by atoms with E-state index in [2.05, 4.69) is 23.7 Å². The lowest BCUT2D eigenvalue weighted by Gasteiger charge is -2.25. The minimum absolute atomic E-state index is 0.114. The van der Waals surface area contributed by atoms with E-state index < -0.39 is 0 Å². The van der Waals surface area contributed by atoms with Gasteiger partial charge >= 0.3 is 0 Å². The highest BCUT2D eigenvalue weighted by atomic mass is 16.5. The highest BCUT2D eigenvalue weighted by Crippen LogP contribution is 2.34. The van der Waals surface area contributed by atoms with E-state index in [0.29, 0.717) is 11.8 Å². The summed E-state index contributed by atoms with van der Waals surface area (Å²) in [6, 6.07) is 3.77. The summed E-state index contributed by atoms with van der Waals surface area (Å²) < 4.78 is 6.01. The third-order valence-corrected chi connectivity index (χ3v) is 5.44. The summed E-state index contributed by atoms with van der Waals surface area (Å²) in [7, 11) is 0. The van der Waals surface area contributed by atoms with Gasteiger partial charge in [0, 0.05) is 48.4 Å². The summed E-state index contributed by atoms with van der Waals surface area (Å²) in [4.78, 5) is 21.6. The first-order chi connectivity index (χ1) is 11.5. The number of aromatic nitrogens is 1. The van der Waals surface area contributed by atoms with Gasteiger partial charge in [-0.3, -0.25) is 9.78 Å². The number of amides is 1. The molecule has 24 heavy (non-hydrogen) atoms. The van der Waals surface area contributed by atoms with Crippen LogP contribution in [0.4, 0.5) is 0 Å². The number of likely N-dealkylation sites (tertiary alicyclic amines) is 1. The normalized spacial score (nSPS) is 26.2. The van der Waals surface area contributed by atoms with E-state index in [-0.39, 0.29) is 12.0 Å². The van der Waals surface area contributed by atoms with Crippen LogP contribution in [0, 0.1) is 25.7 Å². The van der Waals surface area contributed by atoms with E-state index >= 15 is 0 Å². The predicted octanol–water partition coefficient (Wildman–Crippen LogP) is 2.13. The number of fused-ring (bicyclic) bond motifs is 1. The zero-order valence-electron chi connectivity index (χ0n) is 15.3. The summed E-state index contributed by atoms with van der Waals surface area (Å²) in [6.45, 7) is 13.9. The lowest BCUT2D eigenvalue weighted by atomic mass is 9.92. The van der Waals surface area contributed by atoms with Gasteiger partial charge in [0.05, 0.1) is 12.7 Å². The largest absolute Gasteiger partial charge is 0.376 e. The molecule has 2 aliphatic rings. The van der Waals surface area contributed by atoms with Crippen molar-refractivity contribution < 1.29 is 9.53 Å². The van der Waals surface area contributed by atoms with E-state index in [1.54, 1.807) is 0 Å². The number of ether oxygens (including phenoxy) is 1. The third-order valence-electron chi connectivity index (χ3n) is 5.44. The van der Waals surface area contributed by atoms with Crippen LogP contribution in [-0.4, -0.2) is 66.1 Å². The molecule has 1 aromatic heterocycles. The van der Waals surface area contributed by atoms with Crippen LogP contribution in [-0.2, 0) is 4.74 Å². The molecule has 0 aromatic carbocycles. The lowest BCUT2D eigenvalue weighted by Crippen LogP contribution is -2.35. The first kappa shape index (κ1) is 17.4. The Labute approximate surface area is 145 Å². The maximum absolute atomic E-state index is 12.9. The highest BCUT2D eigenvalue weighted by molar-refractivity contribution is 5.94. The number of aryl methyl sites for hydroxylation is 2. The molecule has 3 atom stereocenters. The van der Waals surface area contributed by atoms with E-state index in [9.17, 15) is 4.79 Å². The van der Waals surface area contributed by atoms with Crippen molar-refractivity contribution in [2.24, 2.45) is 11.8 Å².